The number of rotatable bonds is 2. The summed E-state index contributed by atoms with van der Waals surface area (Å²) in [5.74, 6) is -0.403. The van der Waals surface area contributed by atoms with Crippen molar-refractivity contribution in [3.63, 3.8) is 0 Å². The Balaban J connectivity index is 2.24. The molecule has 18 heavy (non-hydrogen) atoms. The Morgan fingerprint density at radius 2 is 1.94 bits per heavy atom. The van der Waals surface area contributed by atoms with Crippen LogP contribution >= 0.6 is 0 Å². The smallest absolute Gasteiger partial charge is 0.261 e. The number of aryl methyl sites for hydroxylation is 2. The van der Waals surface area contributed by atoms with Crippen molar-refractivity contribution in [2.24, 2.45) is 0 Å². The van der Waals surface area contributed by atoms with Crippen LogP contribution in [0, 0.1) is 13.8 Å². The zero-order valence-electron chi connectivity index (χ0n) is 10.3. The minimum absolute atomic E-state index is 0.107. The van der Waals surface area contributed by atoms with E-state index in [4.69, 9.17) is 0 Å². The van der Waals surface area contributed by atoms with Gasteiger partial charge in [-0.3, -0.25) is 9.59 Å². The van der Waals surface area contributed by atoms with Crippen LogP contribution in [0.4, 0.5) is 5.69 Å². The van der Waals surface area contributed by atoms with Gasteiger partial charge < -0.3 is 10.3 Å². The maximum Gasteiger partial charge on any atom is 0.261 e. The molecule has 0 unspecified atom stereocenters. The Kier molecular flexibility index (Phi) is 3.28. The van der Waals surface area contributed by atoms with Gasteiger partial charge in [-0.1, -0.05) is 6.07 Å². The van der Waals surface area contributed by atoms with Crippen LogP contribution in [0.1, 0.15) is 21.5 Å². The second-order valence-electron chi connectivity index (χ2n) is 4.17. The number of aromatic amines is 1. The monoisotopic (exact) mass is 242 g/mol. The molecule has 2 rings (SSSR count). The summed E-state index contributed by atoms with van der Waals surface area (Å²) in [5.41, 5.74) is 2.65. The number of hydrogen-bond donors (Lipinski definition) is 2. The van der Waals surface area contributed by atoms with Crippen molar-refractivity contribution in [3.8, 4) is 0 Å². The van der Waals surface area contributed by atoms with E-state index in [-0.39, 0.29) is 11.1 Å². The summed E-state index contributed by atoms with van der Waals surface area (Å²) in [7, 11) is 0. The summed E-state index contributed by atoms with van der Waals surface area (Å²) < 4.78 is 0. The van der Waals surface area contributed by atoms with E-state index in [0.29, 0.717) is 5.69 Å². The van der Waals surface area contributed by atoms with Gasteiger partial charge in [-0.25, -0.2) is 0 Å². The molecule has 0 saturated carbocycles. The van der Waals surface area contributed by atoms with Gasteiger partial charge in [0.1, 0.15) is 5.56 Å². The Bertz CT molecular complexity index is 644. The zero-order chi connectivity index (χ0) is 13.1. The van der Waals surface area contributed by atoms with Crippen molar-refractivity contribution < 1.29 is 4.79 Å². The van der Waals surface area contributed by atoms with Crippen molar-refractivity contribution in [2.75, 3.05) is 5.32 Å². The molecule has 0 radical (unpaired) electrons. The maximum absolute atomic E-state index is 11.9. The maximum atomic E-state index is 11.9. The fourth-order valence-electron chi connectivity index (χ4n) is 1.62. The first-order valence-corrected chi connectivity index (χ1v) is 5.64. The van der Waals surface area contributed by atoms with Crippen LogP contribution < -0.4 is 10.9 Å². The molecule has 0 bridgehead atoms. The number of carbonyl (C=O) groups excluding carboxylic acids is 1. The molecule has 4 heteroatoms. The van der Waals surface area contributed by atoms with Crippen molar-refractivity contribution in [3.05, 3.63) is 63.6 Å². The predicted octanol–water partition coefficient (Wildman–Crippen LogP) is 2.24. The molecule has 0 spiro atoms. The van der Waals surface area contributed by atoms with Crippen molar-refractivity contribution in [2.45, 2.75) is 13.8 Å². The molecule has 4 nitrogen and oxygen atoms in total. The minimum Gasteiger partial charge on any atom is -0.328 e. The third-order valence-electron chi connectivity index (χ3n) is 2.83. The number of H-pyrrole nitrogens is 1. The standard InChI is InChI=1S/C14H14N2O2/c1-9-5-6-11(8-10(9)2)16-14(18)12-4-3-7-15-13(12)17/h3-8H,1-2H3,(H,15,17)(H,16,18). The van der Waals surface area contributed by atoms with E-state index in [1.54, 1.807) is 6.07 Å². The average molecular weight is 242 g/mol. The van der Waals surface area contributed by atoms with E-state index in [2.05, 4.69) is 10.3 Å². The number of nitrogens with one attached hydrogen (secondary N) is 2. The fraction of sp³-hybridized carbons (Fsp3) is 0.143. The molecule has 0 fully saturated rings. The second-order valence-corrected chi connectivity index (χ2v) is 4.17. The molecule has 2 aromatic rings. The Labute approximate surface area is 105 Å². The number of pyridine rings is 1. The molecule has 2 N–H and O–H groups in total. The first kappa shape index (κ1) is 12.1. The van der Waals surface area contributed by atoms with E-state index >= 15 is 0 Å². The number of benzene rings is 1. The molecular formula is C14H14N2O2. The van der Waals surface area contributed by atoms with E-state index in [1.807, 2.05) is 32.0 Å². The first-order valence-electron chi connectivity index (χ1n) is 5.64. The minimum atomic E-state index is -0.403. The Morgan fingerprint density at radius 3 is 2.61 bits per heavy atom. The molecule has 1 aromatic heterocycles. The van der Waals surface area contributed by atoms with E-state index < -0.39 is 5.91 Å². The van der Waals surface area contributed by atoms with Gasteiger partial charge in [-0.2, -0.15) is 0 Å². The van der Waals surface area contributed by atoms with Gasteiger partial charge in [0.25, 0.3) is 11.5 Å². The van der Waals surface area contributed by atoms with Crippen LogP contribution in [-0.2, 0) is 0 Å². The molecule has 0 aliphatic heterocycles. The lowest BCUT2D eigenvalue weighted by molar-refractivity contribution is 0.102. The molecule has 0 saturated heterocycles. The number of aromatic nitrogens is 1. The summed E-state index contributed by atoms with van der Waals surface area (Å²) in [4.78, 5) is 25.8. The Morgan fingerprint density at radius 1 is 1.17 bits per heavy atom. The third kappa shape index (κ3) is 2.48. The molecule has 0 aliphatic rings. The summed E-state index contributed by atoms with van der Waals surface area (Å²) in [5, 5.41) is 2.71. The molecular weight excluding hydrogens is 228 g/mol. The van der Waals surface area contributed by atoms with E-state index in [0.717, 1.165) is 11.1 Å². The molecule has 1 heterocycles. The molecule has 0 aliphatic carbocycles. The molecule has 1 amide bonds. The van der Waals surface area contributed by atoms with E-state index in [1.165, 1.54) is 12.3 Å². The van der Waals surface area contributed by atoms with Gasteiger partial charge in [0.05, 0.1) is 0 Å². The van der Waals surface area contributed by atoms with Crippen LogP contribution in [0.25, 0.3) is 0 Å². The molecule has 1 aromatic carbocycles. The van der Waals surface area contributed by atoms with Gasteiger partial charge in [-0.15, -0.1) is 0 Å². The topological polar surface area (TPSA) is 62.0 Å². The van der Waals surface area contributed by atoms with Crippen molar-refractivity contribution >= 4 is 11.6 Å². The summed E-state index contributed by atoms with van der Waals surface area (Å²) in [6.07, 6.45) is 1.50. The highest BCUT2D eigenvalue weighted by Gasteiger charge is 2.09. The average Bonchev–Trinajstić information content (AvgIpc) is 2.34. The summed E-state index contributed by atoms with van der Waals surface area (Å²) in [6, 6.07) is 8.74. The lowest BCUT2D eigenvalue weighted by Crippen LogP contribution is -2.22. The van der Waals surface area contributed by atoms with Gasteiger partial charge in [0, 0.05) is 11.9 Å². The number of hydrogen-bond acceptors (Lipinski definition) is 2. The third-order valence-corrected chi connectivity index (χ3v) is 2.83. The van der Waals surface area contributed by atoms with Crippen LogP contribution in [-0.4, -0.2) is 10.9 Å². The number of anilines is 1. The highest BCUT2D eigenvalue weighted by Crippen LogP contribution is 2.14. The first-order chi connectivity index (χ1) is 8.58. The molecule has 92 valence electrons. The van der Waals surface area contributed by atoms with Gasteiger partial charge in [0.2, 0.25) is 0 Å². The van der Waals surface area contributed by atoms with Gasteiger partial charge in [0.15, 0.2) is 0 Å². The van der Waals surface area contributed by atoms with Crippen molar-refractivity contribution in [1.82, 2.24) is 4.98 Å². The lowest BCUT2D eigenvalue weighted by atomic mass is 10.1. The number of amides is 1. The SMILES string of the molecule is Cc1ccc(NC(=O)c2ccc[nH]c2=O)cc1C. The predicted molar refractivity (Wildman–Crippen MR) is 70.9 cm³/mol. The second kappa shape index (κ2) is 4.87. The van der Waals surface area contributed by atoms with E-state index in [9.17, 15) is 9.59 Å². The lowest BCUT2D eigenvalue weighted by Gasteiger charge is -2.07. The summed E-state index contributed by atoms with van der Waals surface area (Å²) in [6.45, 7) is 3.98. The van der Waals surface area contributed by atoms with Crippen LogP contribution in [0.2, 0.25) is 0 Å². The number of carbonyl (C=O) groups is 1. The highest BCUT2D eigenvalue weighted by atomic mass is 16.2. The Hall–Kier alpha value is -2.36. The quantitative estimate of drug-likeness (QED) is 0.848. The molecule has 0 atom stereocenters. The largest absolute Gasteiger partial charge is 0.328 e. The van der Waals surface area contributed by atoms with Gasteiger partial charge in [-0.05, 0) is 49.2 Å². The highest BCUT2D eigenvalue weighted by molar-refractivity contribution is 6.03. The van der Waals surface area contributed by atoms with Crippen LogP contribution in [0.15, 0.2) is 41.3 Å². The normalized spacial score (nSPS) is 10.1. The fourth-order valence-corrected chi connectivity index (χ4v) is 1.62. The summed E-state index contributed by atoms with van der Waals surface area (Å²) >= 11 is 0. The van der Waals surface area contributed by atoms with Crippen LogP contribution in [0.3, 0.4) is 0 Å². The zero-order valence-corrected chi connectivity index (χ0v) is 10.3. The van der Waals surface area contributed by atoms with Crippen molar-refractivity contribution in [1.29, 1.82) is 0 Å². The van der Waals surface area contributed by atoms with Crippen LogP contribution in [0.5, 0.6) is 0 Å². The van der Waals surface area contributed by atoms with Gasteiger partial charge >= 0.3 is 0 Å².